The smallest absolute Gasteiger partial charge is 0.269 e. The monoisotopic (exact) mass is 287 g/mol. The zero-order valence-corrected chi connectivity index (χ0v) is 11.3. The second-order valence-corrected chi connectivity index (χ2v) is 4.14. The largest absolute Gasteiger partial charge is 0.477 e. The molecule has 21 heavy (non-hydrogen) atoms. The van der Waals surface area contributed by atoms with Crippen molar-refractivity contribution < 1.29 is 9.53 Å². The Bertz CT molecular complexity index is 750. The van der Waals surface area contributed by atoms with Crippen molar-refractivity contribution in [2.75, 3.05) is 6.61 Å². The molecule has 0 radical (unpaired) electrons. The van der Waals surface area contributed by atoms with E-state index in [0.29, 0.717) is 29.7 Å². The van der Waals surface area contributed by atoms with Gasteiger partial charge in [0.1, 0.15) is 5.69 Å². The number of ether oxygens (including phenoxy) is 1. The van der Waals surface area contributed by atoms with Crippen LogP contribution in [-0.2, 0) is 6.54 Å². The maximum Gasteiger partial charge on any atom is 0.269 e. The lowest BCUT2D eigenvalue weighted by Crippen LogP contribution is -2.24. The van der Waals surface area contributed by atoms with Crippen molar-refractivity contribution in [3.05, 3.63) is 36.2 Å². The van der Waals surface area contributed by atoms with Gasteiger partial charge in [0.2, 0.25) is 5.88 Å². The molecule has 0 aliphatic rings. The Morgan fingerprint density at radius 1 is 1.43 bits per heavy atom. The van der Waals surface area contributed by atoms with E-state index in [0.717, 1.165) is 0 Å². The summed E-state index contributed by atoms with van der Waals surface area (Å²) in [5.41, 5.74) is 0.969. The molecule has 0 saturated carbocycles. The van der Waals surface area contributed by atoms with Gasteiger partial charge in [0.05, 0.1) is 25.7 Å². The van der Waals surface area contributed by atoms with E-state index in [1.165, 1.54) is 17.0 Å². The third-order valence-electron chi connectivity index (χ3n) is 2.75. The van der Waals surface area contributed by atoms with Crippen LogP contribution >= 0.6 is 0 Å². The molecule has 0 aromatic carbocycles. The van der Waals surface area contributed by atoms with Gasteiger partial charge >= 0.3 is 0 Å². The molecule has 3 aromatic heterocycles. The molecule has 9 heteroatoms. The Morgan fingerprint density at radius 3 is 3.10 bits per heavy atom. The number of hydrogen-bond acceptors (Lipinski definition) is 6. The summed E-state index contributed by atoms with van der Waals surface area (Å²) in [5, 5.41) is 15.0. The summed E-state index contributed by atoms with van der Waals surface area (Å²) in [7, 11) is 0. The fourth-order valence-corrected chi connectivity index (χ4v) is 1.79. The molecule has 3 rings (SSSR count). The number of nitrogens with zero attached hydrogens (tertiary/aromatic N) is 5. The highest BCUT2D eigenvalue weighted by molar-refractivity contribution is 5.91. The van der Waals surface area contributed by atoms with E-state index in [1.54, 1.807) is 12.1 Å². The van der Waals surface area contributed by atoms with Gasteiger partial charge in [0, 0.05) is 6.07 Å². The maximum atomic E-state index is 11.8. The van der Waals surface area contributed by atoms with Gasteiger partial charge < -0.3 is 15.0 Å². The minimum Gasteiger partial charge on any atom is -0.477 e. The summed E-state index contributed by atoms with van der Waals surface area (Å²) in [6.45, 7) is 2.59. The van der Waals surface area contributed by atoms with E-state index in [2.05, 4.69) is 30.6 Å². The fraction of sp³-hybridized carbons (Fsp3) is 0.250. The van der Waals surface area contributed by atoms with Crippen LogP contribution < -0.4 is 10.1 Å². The normalized spacial score (nSPS) is 10.7. The molecule has 0 fully saturated rings. The molecule has 0 saturated heterocycles. The van der Waals surface area contributed by atoms with Crippen molar-refractivity contribution in [2.45, 2.75) is 13.5 Å². The molecule has 2 N–H and O–H groups in total. The number of rotatable bonds is 5. The minimum absolute atomic E-state index is 0.196. The van der Waals surface area contributed by atoms with Crippen LogP contribution in [0.1, 0.15) is 23.2 Å². The first kappa shape index (κ1) is 13.0. The number of nitrogens with one attached hydrogen (secondary N) is 2. The molecule has 3 heterocycles. The van der Waals surface area contributed by atoms with Crippen molar-refractivity contribution in [1.29, 1.82) is 0 Å². The molecule has 0 aliphatic carbocycles. The predicted octanol–water partition coefficient (Wildman–Crippen LogP) is 0.176. The molecule has 1 amide bonds. The number of hydrogen-bond donors (Lipinski definition) is 2. The number of aromatic nitrogens is 6. The van der Waals surface area contributed by atoms with Crippen LogP contribution in [0.4, 0.5) is 0 Å². The Labute approximate surface area is 119 Å². The first-order valence-corrected chi connectivity index (χ1v) is 6.38. The van der Waals surface area contributed by atoms with Gasteiger partial charge in [-0.2, -0.15) is 4.52 Å². The molecule has 0 aliphatic heterocycles. The minimum atomic E-state index is -0.273. The summed E-state index contributed by atoms with van der Waals surface area (Å²) < 4.78 is 6.87. The standard InChI is InChI=1S/C12H13N7O2/c1-2-21-11-4-3-9-16-17-10(19(9)18-11)6-14-12(20)8-5-13-7-15-8/h3-5,7H,2,6H2,1H3,(H,13,15)(H,14,20). The number of aromatic amines is 1. The highest BCUT2D eigenvalue weighted by atomic mass is 16.5. The lowest BCUT2D eigenvalue weighted by Gasteiger charge is -2.04. The average molecular weight is 287 g/mol. The topological polar surface area (TPSA) is 110 Å². The molecule has 0 atom stereocenters. The summed E-state index contributed by atoms with van der Waals surface area (Å²) in [5.74, 6) is 0.718. The Hall–Kier alpha value is -2.97. The molecule has 0 spiro atoms. The third kappa shape index (κ3) is 2.66. The lowest BCUT2D eigenvalue weighted by molar-refractivity contribution is 0.0945. The van der Waals surface area contributed by atoms with Crippen LogP contribution in [0.15, 0.2) is 24.7 Å². The zero-order chi connectivity index (χ0) is 14.7. The van der Waals surface area contributed by atoms with Gasteiger partial charge in [0.15, 0.2) is 11.5 Å². The van der Waals surface area contributed by atoms with E-state index < -0.39 is 0 Å². The van der Waals surface area contributed by atoms with E-state index >= 15 is 0 Å². The summed E-state index contributed by atoms with van der Waals surface area (Å²) in [6.07, 6.45) is 2.89. The van der Waals surface area contributed by atoms with Gasteiger partial charge in [0.25, 0.3) is 5.91 Å². The number of fused-ring (bicyclic) bond motifs is 1. The third-order valence-corrected chi connectivity index (χ3v) is 2.75. The summed E-state index contributed by atoms with van der Waals surface area (Å²) in [6, 6.07) is 3.48. The van der Waals surface area contributed by atoms with Crippen LogP contribution in [0.3, 0.4) is 0 Å². The Balaban J connectivity index is 1.77. The first-order valence-electron chi connectivity index (χ1n) is 6.38. The first-order chi connectivity index (χ1) is 10.3. The summed E-state index contributed by atoms with van der Waals surface area (Å²) in [4.78, 5) is 18.3. The van der Waals surface area contributed by atoms with Crippen LogP contribution in [0.5, 0.6) is 5.88 Å². The Morgan fingerprint density at radius 2 is 2.33 bits per heavy atom. The van der Waals surface area contributed by atoms with Gasteiger partial charge in [-0.1, -0.05) is 0 Å². The molecular weight excluding hydrogens is 274 g/mol. The molecule has 108 valence electrons. The van der Waals surface area contributed by atoms with Crippen LogP contribution in [-0.4, -0.2) is 42.3 Å². The zero-order valence-electron chi connectivity index (χ0n) is 11.3. The quantitative estimate of drug-likeness (QED) is 0.692. The van der Waals surface area contributed by atoms with Crippen molar-refractivity contribution in [1.82, 2.24) is 35.1 Å². The van der Waals surface area contributed by atoms with Crippen molar-refractivity contribution in [3.8, 4) is 5.88 Å². The molecule has 9 nitrogen and oxygen atoms in total. The highest BCUT2D eigenvalue weighted by Crippen LogP contribution is 2.09. The van der Waals surface area contributed by atoms with Crippen LogP contribution in [0, 0.1) is 0 Å². The number of H-pyrrole nitrogens is 1. The van der Waals surface area contributed by atoms with Crippen LogP contribution in [0.2, 0.25) is 0 Å². The van der Waals surface area contributed by atoms with E-state index in [-0.39, 0.29) is 12.5 Å². The number of carbonyl (C=O) groups excluding carboxylic acids is 1. The van der Waals surface area contributed by atoms with Crippen LogP contribution in [0.25, 0.3) is 5.65 Å². The fourth-order valence-electron chi connectivity index (χ4n) is 1.79. The average Bonchev–Trinajstić information content (AvgIpc) is 3.15. The van der Waals surface area contributed by atoms with Gasteiger partial charge in [-0.05, 0) is 13.0 Å². The van der Waals surface area contributed by atoms with Crippen molar-refractivity contribution in [3.63, 3.8) is 0 Å². The highest BCUT2D eigenvalue weighted by Gasteiger charge is 2.11. The second-order valence-electron chi connectivity index (χ2n) is 4.14. The number of carbonyl (C=O) groups is 1. The molecule has 0 unspecified atom stereocenters. The van der Waals surface area contributed by atoms with E-state index in [9.17, 15) is 4.79 Å². The van der Waals surface area contributed by atoms with Gasteiger partial charge in [-0.3, -0.25) is 4.79 Å². The van der Waals surface area contributed by atoms with Crippen molar-refractivity contribution in [2.24, 2.45) is 0 Å². The molecular formula is C12H13N7O2. The van der Waals surface area contributed by atoms with Crippen molar-refractivity contribution >= 4 is 11.6 Å². The van der Waals surface area contributed by atoms with Gasteiger partial charge in [-0.15, -0.1) is 15.3 Å². The molecule has 0 bridgehead atoms. The predicted molar refractivity (Wildman–Crippen MR) is 71.7 cm³/mol. The number of amides is 1. The Kier molecular flexibility index (Phi) is 3.46. The SMILES string of the molecule is CCOc1ccc2nnc(CNC(=O)c3cnc[nH]3)n2n1. The van der Waals surface area contributed by atoms with E-state index in [1.807, 2.05) is 6.92 Å². The van der Waals surface area contributed by atoms with E-state index in [4.69, 9.17) is 4.74 Å². The molecule has 3 aromatic rings. The second kappa shape index (κ2) is 5.57. The van der Waals surface area contributed by atoms with Gasteiger partial charge in [-0.25, -0.2) is 4.98 Å². The summed E-state index contributed by atoms with van der Waals surface area (Å²) >= 11 is 0. The number of imidazole rings is 1. The maximum absolute atomic E-state index is 11.8. The lowest BCUT2D eigenvalue weighted by atomic mass is 10.4.